The average molecular weight is 285 g/mol. The number of anilines is 1. The average Bonchev–Trinajstić information content (AvgIpc) is 2.20. The summed E-state index contributed by atoms with van der Waals surface area (Å²) in [5.41, 5.74) is 0.966. The Labute approximate surface area is 103 Å². The Balaban J connectivity index is 3.07. The molecule has 0 spiro atoms. The van der Waals surface area contributed by atoms with E-state index in [1.54, 1.807) is 18.2 Å². The van der Waals surface area contributed by atoms with Crippen LogP contribution in [0.15, 0.2) is 22.7 Å². The topological polar surface area (TPSA) is 58.2 Å². The van der Waals surface area contributed by atoms with Gasteiger partial charge >= 0.3 is 0 Å². The van der Waals surface area contributed by atoms with Crippen LogP contribution in [-0.4, -0.2) is 18.4 Å². The summed E-state index contributed by atoms with van der Waals surface area (Å²) in [7, 11) is 0. The van der Waals surface area contributed by atoms with Crippen molar-refractivity contribution in [1.82, 2.24) is 5.32 Å². The quantitative estimate of drug-likeness (QED) is 0.894. The summed E-state index contributed by atoms with van der Waals surface area (Å²) in [5, 5.41) is 5.31. The van der Waals surface area contributed by atoms with Crippen molar-refractivity contribution < 1.29 is 9.59 Å². The second-order valence-corrected chi connectivity index (χ2v) is 4.15. The van der Waals surface area contributed by atoms with Crippen LogP contribution in [0.2, 0.25) is 0 Å². The van der Waals surface area contributed by atoms with Gasteiger partial charge in [-0.25, -0.2) is 0 Å². The van der Waals surface area contributed by atoms with E-state index in [1.165, 1.54) is 6.92 Å². The molecular weight excluding hydrogens is 272 g/mol. The highest BCUT2D eigenvalue weighted by Crippen LogP contribution is 2.21. The standard InChI is InChI=1S/C11H13BrN2O2/c1-3-13-11(16)9-6-8(12)4-5-10(9)14-7(2)15/h4-6H,3H2,1-2H3,(H,13,16)(H,14,15). The first-order valence-corrected chi connectivity index (χ1v) is 5.69. The van der Waals surface area contributed by atoms with E-state index in [2.05, 4.69) is 26.6 Å². The van der Waals surface area contributed by atoms with Crippen LogP contribution in [0.5, 0.6) is 0 Å². The van der Waals surface area contributed by atoms with Gasteiger partial charge in [0.1, 0.15) is 0 Å². The fourth-order valence-electron chi connectivity index (χ4n) is 1.26. The van der Waals surface area contributed by atoms with Gasteiger partial charge in [-0.2, -0.15) is 0 Å². The van der Waals surface area contributed by atoms with Gasteiger partial charge in [0, 0.05) is 17.9 Å². The highest BCUT2D eigenvalue weighted by Gasteiger charge is 2.11. The first-order valence-electron chi connectivity index (χ1n) is 4.90. The fraction of sp³-hybridized carbons (Fsp3) is 0.273. The van der Waals surface area contributed by atoms with Crippen molar-refractivity contribution in [2.24, 2.45) is 0 Å². The van der Waals surface area contributed by atoms with Gasteiger partial charge in [-0.05, 0) is 25.1 Å². The number of hydrogen-bond acceptors (Lipinski definition) is 2. The molecule has 2 amide bonds. The molecule has 2 N–H and O–H groups in total. The molecule has 0 aliphatic carbocycles. The third-order valence-electron chi connectivity index (χ3n) is 1.87. The minimum absolute atomic E-state index is 0.201. The van der Waals surface area contributed by atoms with Crippen LogP contribution in [0, 0.1) is 0 Å². The maximum absolute atomic E-state index is 11.7. The number of amides is 2. The lowest BCUT2D eigenvalue weighted by molar-refractivity contribution is -0.114. The molecule has 4 nitrogen and oxygen atoms in total. The molecule has 16 heavy (non-hydrogen) atoms. The minimum atomic E-state index is -0.201. The van der Waals surface area contributed by atoms with Gasteiger partial charge < -0.3 is 10.6 Å². The second-order valence-electron chi connectivity index (χ2n) is 3.23. The van der Waals surface area contributed by atoms with Crippen LogP contribution in [0.1, 0.15) is 24.2 Å². The lowest BCUT2D eigenvalue weighted by atomic mass is 10.1. The third-order valence-corrected chi connectivity index (χ3v) is 2.37. The Morgan fingerprint density at radius 1 is 1.38 bits per heavy atom. The number of carbonyl (C=O) groups is 2. The van der Waals surface area contributed by atoms with Gasteiger partial charge in [-0.1, -0.05) is 15.9 Å². The van der Waals surface area contributed by atoms with Crippen molar-refractivity contribution in [3.63, 3.8) is 0 Å². The van der Waals surface area contributed by atoms with E-state index < -0.39 is 0 Å². The Morgan fingerprint density at radius 2 is 2.06 bits per heavy atom. The zero-order valence-corrected chi connectivity index (χ0v) is 10.7. The molecule has 0 fully saturated rings. The summed E-state index contributed by atoms with van der Waals surface area (Å²) in [4.78, 5) is 22.7. The zero-order chi connectivity index (χ0) is 12.1. The van der Waals surface area contributed by atoms with Gasteiger partial charge in [0.05, 0.1) is 11.3 Å². The first-order chi connectivity index (χ1) is 7.54. The van der Waals surface area contributed by atoms with E-state index in [1.807, 2.05) is 6.92 Å². The summed E-state index contributed by atoms with van der Waals surface area (Å²) in [6.45, 7) is 3.79. The molecule has 0 saturated heterocycles. The molecule has 1 rings (SSSR count). The summed E-state index contributed by atoms with van der Waals surface area (Å²) in [5.74, 6) is -0.402. The Kier molecular flexibility index (Phi) is 4.49. The van der Waals surface area contributed by atoms with Crippen molar-refractivity contribution >= 4 is 33.4 Å². The predicted molar refractivity (Wildman–Crippen MR) is 66.5 cm³/mol. The van der Waals surface area contributed by atoms with E-state index in [0.29, 0.717) is 17.8 Å². The molecule has 1 aromatic rings. The van der Waals surface area contributed by atoms with Crippen LogP contribution in [-0.2, 0) is 4.79 Å². The van der Waals surface area contributed by atoms with E-state index in [-0.39, 0.29) is 11.8 Å². The van der Waals surface area contributed by atoms with Gasteiger partial charge in [0.15, 0.2) is 0 Å². The number of carbonyl (C=O) groups excluding carboxylic acids is 2. The normalized spacial score (nSPS) is 9.69. The second kappa shape index (κ2) is 5.65. The van der Waals surface area contributed by atoms with Crippen LogP contribution in [0.3, 0.4) is 0 Å². The molecule has 0 aromatic heterocycles. The minimum Gasteiger partial charge on any atom is -0.352 e. The van der Waals surface area contributed by atoms with Gasteiger partial charge in [0.25, 0.3) is 5.91 Å². The zero-order valence-electron chi connectivity index (χ0n) is 9.13. The number of halogens is 1. The predicted octanol–water partition coefficient (Wildman–Crippen LogP) is 2.16. The summed E-state index contributed by atoms with van der Waals surface area (Å²) in [6.07, 6.45) is 0. The molecule has 0 radical (unpaired) electrons. The molecule has 86 valence electrons. The number of rotatable bonds is 3. The number of hydrogen-bond donors (Lipinski definition) is 2. The maximum Gasteiger partial charge on any atom is 0.253 e. The molecule has 0 aliphatic rings. The van der Waals surface area contributed by atoms with Crippen LogP contribution >= 0.6 is 15.9 Å². The first kappa shape index (κ1) is 12.7. The Morgan fingerprint density at radius 3 is 2.62 bits per heavy atom. The Hall–Kier alpha value is -1.36. The van der Waals surface area contributed by atoms with Gasteiger partial charge in [-0.15, -0.1) is 0 Å². The van der Waals surface area contributed by atoms with Crippen molar-refractivity contribution in [2.45, 2.75) is 13.8 Å². The van der Waals surface area contributed by atoms with E-state index in [9.17, 15) is 9.59 Å². The lowest BCUT2D eigenvalue weighted by Crippen LogP contribution is -2.24. The summed E-state index contributed by atoms with van der Waals surface area (Å²) >= 11 is 3.29. The highest BCUT2D eigenvalue weighted by molar-refractivity contribution is 9.10. The fourth-order valence-corrected chi connectivity index (χ4v) is 1.62. The molecular formula is C11H13BrN2O2. The molecule has 1 aromatic carbocycles. The van der Waals surface area contributed by atoms with Gasteiger partial charge in [0.2, 0.25) is 5.91 Å². The highest BCUT2D eigenvalue weighted by atomic mass is 79.9. The van der Waals surface area contributed by atoms with Crippen molar-refractivity contribution in [2.75, 3.05) is 11.9 Å². The van der Waals surface area contributed by atoms with E-state index in [4.69, 9.17) is 0 Å². The molecule has 0 aliphatic heterocycles. The van der Waals surface area contributed by atoms with Crippen molar-refractivity contribution in [3.05, 3.63) is 28.2 Å². The smallest absolute Gasteiger partial charge is 0.253 e. The monoisotopic (exact) mass is 284 g/mol. The molecule has 0 atom stereocenters. The van der Waals surface area contributed by atoms with Gasteiger partial charge in [-0.3, -0.25) is 9.59 Å². The van der Waals surface area contributed by atoms with E-state index >= 15 is 0 Å². The lowest BCUT2D eigenvalue weighted by Gasteiger charge is -2.10. The molecule has 0 heterocycles. The summed E-state index contributed by atoms with van der Waals surface area (Å²) < 4.78 is 0.794. The van der Waals surface area contributed by atoms with Crippen LogP contribution in [0.25, 0.3) is 0 Å². The van der Waals surface area contributed by atoms with Crippen LogP contribution < -0.4 is 10.6 Å². The third kappa shape index (κ3) is 3.34. The largest absolute Gasteiger partial charge is 0.352 e. The van der Waals surface area contributed by atoms with Crippen LogP contribution in [0.4, 0.5) is 5.69 Å². The molecule has 0 bridgehead atoms. The van der Waals surface area contributed by atoms with E-state index in [0.717, 1.165) is 4.47 Å². The molecule has 5 heteroatoms. The van der Waals surface area contributed by atoms with Crippen molar-refractivity contribution in [1.29, 1.82) is 0 Å². The molecule has 0 saturated carbocycles. The number of nitrogens with one attached hydrogen (secondary N) is 2. The Bertz CT molecular complexity index is 418. The maximum atomic E-state index is 11.7. The number of benzene rings is 1. The van der Waals surface area contributed by atoms with Crippen molar-refractivity contribution in [3.8, 4) is 0 Å². The summed E-state index contributed by atoms with van der Waals surface area (Å²) in [6, 6.07) is 5.14. The molecule has 0 unspecified atom stereocenters. The SMILES string of the molecule is CCNC(=O)c1cc(Br)ccc1NC(C)=O.